The highest BCUT2D eigenvalue weighted by atomic mass is 16.5. The number of ether oxygens (including phenoxy) is 2. The lowest BCUT2D eigenvalue weighted by atomic mass is 9.98. The summed E-state index contributed by atoms with van der Waals surface area (Å²) < 4.78 is 11.8. The summed E-state index contributed by atoms with van der Waals surface area (Å²) in [6, 6.07) is 17.1. The lowest BCUT2D eigenvalue weighted by molar-refractivity contribution is 0.0517. The fourth-order valence-corrected chi connectivity index (χ4v) is 3.34. The van der Waals surface area contributed by atoms with Crippen LogP contribution >= 0.6 is 0 Å². The molecular formula is C24H26N2O4. The van der Waals surface area contributed by atoms with Crippen LogP contribution in [0.25, 0.3) is 11.1 Å². The molecule has 1 heterocycles. The number of benzene rings is 2. The van der Waals surface area contributed by atoms with Crippen LogP contribution in [0, 0.1) is 0 Å². The molecule has 0 bridgehead atoms. The topological polar surface area (TPSA) is 70.4 Å². The lowest BCUT2D eigenvalue weighted by Crippen LogP contribution is -2.09. The van der Waals surface area contributed by atoms with Crippen molar-refractivity contribution in [2.24, 2.45) is 0 Å². The summed E-state index contributed by atoms with van der Waals surface area (Å²) in [5.41, 5.74) is 4.67. The monoisotopic (exact) mass is 406 g/mol. The minimum atomic E-state index is -0.400. The number of carbonyl (C=O) groups excluding carboxylic acids is 2. The Morgan fingerprint density at radius 3 is 2.40 bits per heavy atom. The zero-order valence-electron chi connectivity index (χ0n) is 17.6. The average Bonchev–Trinajstić information content (AvgIpc) is 3.17. The van der Waals surface area contributed by atoms with Crippen LogP contribution in [0.1, 0.15) is 52.4 Å². The van der Waals surface area contributed by atoms with Crippen molar-refractivity contribution in [1.82, 2.24) is 9.78 Å². The number of nitrogens with zero attached hydrogens (tertiary/aromatic N) is 2. The van der Waals surface area contributed by atoms with Gasteiger partial charge in [-0.25, -0.2) is 9.59 Å². The fourth-order valence-electron chi connectivity index (χ4n) is 3.34. The average molecular weight is 406 g/mol. The van der Waals surface area contributed by atoms with Gasteiger partial charge in [-0.3, -0.25) is 4.68 Å². The normalized spacial score (nSPS) is 10.6. The van der Waals surface area contributed by atoms with E-state index < -0.39 is 5.97 Å². The second kappa shape index (κ2) is 9.87. The van der Waals surface area contributed by atoms with Crippen LogP contribution in [0.4, 0.5) is 0 Å². The first-order valence-electron chi connectivity index (χ1n) is 10.1. The third-order valence-corrected chi connectivity index (χ3v) is 4.78. The molecule has 0 saturated carbocycles. The minimum Gasteiger partial charge on any atom is -0.465 e. The first kappa shape index (κ1) is 21.3. The molecule has 2 aromatic carbocycles. The molecule has 3 aromatic rings. The molecule has 0 aliphatic carbocycles. The van der Waals surface area contributed by atoms with E-state index in [9.17, 15) is 9.59 Å². The molecule has 0 radical (unpaired) electrons. The molecule has 0 atom stereocenters. The van der Waals surface area contributed by atoms with Gasteiger partial charge in [0.15, 0.2) is 5.69 Å². The Kier molecular flexibility index (Phi) is 7.01. The van der Waals surface area contributed by atoms with Gasteiger partial charge in [0.2, 0.25) is 0 Å². The van der Waals surface area contributed by atoms with Crippen molar-refractivity contribution in [2.45, 2.75) is 33.2 Å². The summed E-state index contributed by atoms with van der Waals surface area (Å²) in [4.78, 5) is 24.1. The van der Waals surface area contributed by atoms with Gasteiger partial charge in [0.1, 0.15) is 0 Å². The molecule has 156 valence electrons. The number of rotatable bonds is 8. The Hall–Kier alpha value is -3.41. The lowest BCUT2D eigenvalue weighted by Gasteiger charge is -2.10. The molecule has 0 fully saturated rings. The Morgan fingerprint density at radius 1 is 1.00 bits per heavy atom. The SMILES string of the molecule is CCCc1cc(C(=O)OCC)nn1Cc1ccc(-c2ccccc2C(=O)OC)cc1. The van der Waals surface area contributed by atoms with E-state index in [1.54, 1.807) is 13.0 Å². The van der Waals surface area contributed by atoms with Gasteiger partial charge in [-0.1, -0.05) is 55.8 Å². The molecule has 6 heteroatoms. The molecule has 6 nitrogen and oxygen atoms in total. The molecule has 0 aliphatic rings. The van der Waals surface area contributed by atoms with Crippen LogP contribution in [-0.4, -0.2) is 35.4 Å². The first-order valence-corrected chi connectivity index (χ1v) is 10.1. The van der Waals surface area contributed by atoms with E-state index in [0.29, 0.717) is 24.4 Å². The smallest absolute Gasteiger partial charge is 0.358 e. The summed E-state index contributed by atoms with van der Waals surface area (Å²) in [6.07, 6.45) is 1.79. The van der Waals surface area contributed by atoms with Gasteiger partial charge < -0.3 is 9.47 Å². The number of hydrogen-bond donors (Lipinski definition) is 0. The fraction of sp³-hybridized carbons (Fsp3) is 0.292. The van der Waals surface area contributed by atoms with E-state index >= 15 is 0 Å². The standard InChI is InChI=1S/C24H26N2O4/c1-4-8-19-15-22(24(28)30-5-2)25-26(19)16-17-11-13-18(14-12-17)20-9-6-7-10-21(20)23(27)29-3/h6-7,9-15H,4-5,8,16H2,1-3H3. The van der Waals surface area contributed by atoms with Crippen LogP contribution < -0.4 is 0 Å². The second-order valence-electron chi connectivity index (χ2n) is 6.88. The summed E-state index contributed by atoms with van der Waals surface area (Å²) in [6.45, 7) is 4.74. The van der Waals surface area contributed by atoms with Crippen LogP contribution in [0.5, 0.6) is 0 Å². The van der Waals surface area contributed by atoms with E-state index in [1.165, 1.54) is 7.11 Å². The second-order valence-corrected chi connectivity index (χ2v) is 6.88. The first-order chi connectivity index (χ1) is 14.6. The van der Waals surface area contributed by atoms with Gasteiger partial charge in [-0.15, -0.1) is 0 Å². The zero-order chi connectivity index (χ0) is 21.5. The summed E-state index contributed by atoms with van der Waals surface area (Å²) >= 11 is 0. The summed E-state index contributed by atoms with van der Waals surface area (Å²) in [7, 11) is 1.38. The van der Waals surface area contributed by atoms with E-state index in [1.807, 2.05) is 53.2 Å². The van der Waals surface area contributed by atoms with Crippen LogP contribution in [0.15, 0.2) is 54.6 Å². The quantitative estimate of drug-likeness (QED) is 0.515. The molecule has 0 N–H and O–H groups in total. The number of esters is 2. The number of methoxy groups -OCH3 is 1. The van der Waals surface area contributed by atoms with Crippen LogP contribution in [0.2, 0.25) is 0 Å². The third-order valence-electron chi connectivity index (χ3n) is 4.78. The molecule has 0 saturated heterocycles. The summed E-state index contributed by atoms with van der Waals surface area (Å²) in [5.74, 6) is -0.759. The Balaban J connectivity index is 1.85. The number of aryl methyl sites for hydroxylation is 1. The van der Waals surface area contributed by atoms with Gasteiger partial charge in [-0.05, 0) is 42.2 Å². The summed E-state index contributed by atoms with van der Waals surface area (Å²) in [5, 5.41) is 4.45. The Bertz CT molecular complexity index is 1020. The maximum Gasteiger partial charge on any atom is 0.358 e. The largest absolute Gasteiger partial charge is 0.465 e. The van der Waals surface area contributed by atoms with Gasteiger partial charge in [-0.2, -0.15) is 5.10 Å². The molecule has 3 rings (SSSR count). The van der Waals surface area contributed by atoms with Crippen LogP contribution in [0.3, 0.4) is 0 Å². The van der Waals surface area contributed by atoms with Crippen molar-refractivity contribution in [3.8, 4) is 11.1 Å². The molecule has 0 spiro atoms. The maximum absolute atomic E-state index is 12.0. The highest BCUT2D eigenvalue weighted by molar-refractivity contribution is 5.97. The maximum atomic E-state index is 12.0. The highest BCUT2D eigenvalue weighted by Crippen LogP contribution is 2.25. The Morgan fingerprint density at radius 2 is 1.73 bits per heavy atom. The molecular weight excluding hydrogens is 380 g/mol. The predicted octanol–water partition coefficient (Wildman–Crippen LogP) is 4.51. The molecule has 0 aliphatic heterocycles. The number of aromatic nitrogens is 2. The van der Waals surface area contributed by atoms with Gasteiger partial charge in [0.05, 0.1) is 25.8 Å². The van der Waals surface area contributed by atoms with Crippen molar-refractivity contribution in [1.29, 1.82) is 0 Å². The molecule has 1 aromatic heterocycles. The van der Waals surface area contributed by atoms with Gasteiger partial charge >= 0.3 is 11.9 Å². The van der Waals surface area contributed by atoms with E-state index in [-0.39, 0.29) is 5.97 Å². The molecule has 30 heavy (non-hydrogen) atoms. The zero-order valence-corrected chi connectivity index (χ0v) is 17.6. The van der Waals surface area contributed by atoms with Gasteiger partial charge in [0.25, 0.3) is 0 Å². The van der Waals surface area contributed by atoms with Crippen molar-refractivity contribution >= 4 is 11.9 Å². The highest BCUT2D eigenvalue weighted by Gasteiger charge is 2.16. The van der Waals surface area contributed by atoms with Crippen molar-refractivity contribution in [3.63, 3.8) is 0 Å². The van der Waals surface area contributed by atoms with Crippen molar-refractivity contribution in [3.05, 3.63) is 77.1 Å². The van der Waals surface area contributed by atoms with E-state index in [4.69, 9.17) is 9.47 Å². The van der Waals surface area contributed by atoms with E-state index in [2.05, 4.69) is 12.0 Å². The Labute approximate surface area is 176 Å². The number of hydrogen-bond acceptors (Lipinski definition) is 5. The van der Waals surface area contributed by atoms with Crippen molar-refractivity contribution < 1.29 is 19.1 Å². The van der Waals surface area contributed by atoms with Crippen molar-refractivity contribution in [2.75, 3.05) is 13.7 Å². The number of carbonyl (C=O) groups is 2. The van der Waals surface area contributed by atoms with Crippen LogP contribution in [-0.2, 0) is 22.4 Å². The molecule has 0 amide bonds. The molecule has 0 unspecified atom stereocenters. The van der Waals surface area contributed by atoms with Gasteiger partial charge in [0, 0.05) is 5.69 Å². The predicted molar refractivity (Wildman–Crippen MR) is 114 cm³/mol. The third kappa shape index (κ3) is 4.76. The van der Waals surface area contributed by atoms with E-state index in [0.717, 1.165) is 35.2 Å². The minimum absolute atomic E-state index is 0.323.